The Morgan fingerprint density at radius 1 is 1.24 bits per heavy atom. The Morgan fingerprint density at radius 3 is 2.47 bits per heavy atom. The molecule has 17 heavy (non-hydrogen) atoms. The summed E-state index contributed by atoms with van der Waals surface area (Å²) in [7, 11) is 0. The van der Waals surface area contributed by atoms with Crippen molar-refractivity contribution in [2.75, 3.05) is 6.54 Å². The molecule has 0 radical (unpaired) electrons. The molecular weight excluding hydrogens is 212 g/mol. The summed E-state index contributed by atoms with van der Waals surface area (Å²) in [5.41, 5.74) is 2.61. The average molecular weight is 234 g/mol. The first-order chi connectivity index (χ1) is 8.13. The third-order valence-electron chi connectivity index (χ3n) is 2.55. The molecule has 0 spiro atoms. The van der Waals surface area contributed by atoms with E-state index in [2.05, 4.69) is 29.7 Å². The highest BCUT2D eigenvalue weighted by Crippen LogP contribution is 2.08. The van der Waals surface area contributed by atoms with Crippen LogP contribution in [0.5, 0.6) is 0 Å². The maximum absolute atomic E-state index is 11.4. The van der Waals surface area contributed by atoms with Gasteiger partial charge in [-0.15, -0.1) is 0 Å². The molecule has 1 aromatic carbocycles. The van der Waals surface area contributed by atoms with Gasteiger partial charge in [-0.3, -0.25) is 4.79 Å². The van der Waals surface area contributed by atoms with E-state index in [1.54, 1.807) is 0 Å². The van der Waals surface area contributed by atoms with Crippen LogP contribution in [0, 0.1) is 0 Å². The first-order valence-electron chi connectivity index (χ1n) is 6.20. The van der Waals surface area contributed by atoms with Gasteiger partial charge in [0.1, 0.15) is 0 Å². The molecule has 0 fully saturated rings. The number of carbonyl (C=O) groups excluding carboxylic acids is 1. The van der Waals surface area contributed by atoms with E-state index in [0.717, 1.165) is 13.0 Å². The van der Waals surface area contributed by atoms with Gasteiger partial charge in [0.05, 0.1) is 6.54 Å². The lowest BCUT2D eigenvalue weighted by Crippen LogP contribution is -2.37. The minimum absolute atomic E-state index is 0.0500. The molecule has 0 unspecified atom stereocenters. The average Bonchev–Trinajstić information content (AvgIpc) is 2.28. The van der Waals surface area contributed by atoms with E-state index < -0.39 is 0 Å². The van der Waals surface area contributed by atoms with E-state index in [4.69, 9.17) is 0 Å². The van der Waals surface area contributed by atoms with Gasteiger partial charge in [0.25, 0.3) is 0 Å². The number of rotatable bonds is 6. The Hall–Kier alpha value is -1.35. The van der Waals surface area contributed by atoms with Crippen LogP contribution in [0.2, 0.25) is 0 Å². The fourth-order valence-corrected chi connectivity index (χ4v) is 1.76. The Kier molecular flexibility index (Phi) is 5.70. The predicted octanol–water partition coefficient (Wildman–Crippen LogP) is 1.86. The molecule has 94 valence electrons. The number of carbonyl (C=O) groups is 1. The molecule has 0 bridgehead atoms. The van der Waals surface area contributed by atoms with Gasteiger partial charge in [-0.05, 0) is 31.4 Å². The van der Waals surface area contributed by atoms with Gasteiger partial charge < -0.3 is 10.6 Å². The Morgan fingerprint density at radius 2 is 1.88 bits per heavy atom. The lowest BCUT2D eigenvalue weighted by Gasteiger charge is -2.11. The van der Waals surface area contributed by atoms with Crippen LogP contribution in [0.3, 0.4) is 0 Å². The van der Waals surface area contributed by atoms with Crippen molar-refractivity contribution in [3.05, 3.63) is 35.4 Å². The SMILES string of the molecule is CCc1ccccc1CNCC(=O)NC(C)C. The quantitative estimate of drug-likeness (QED) is 0.789. The number of hydrogen-bond acceptors (Lipinski definition) is 2. The number of hydrogen-bond donors (Lipinski definition) is 2. The van der Waals surface area contributed by atoms with Crippen LogP contribution in [0.1, 0.15) is 31.9 Å². The molecule has 2 N–H and O–H groups in total. The van der Waals surface area contributed by atoms with E-state index in [9.17, 15) is 4.79 Å². The molecule has 0 atom stereocenters. The molecule has 0 saturated heterocycles. The summed E-state index contributed by atoms with van der Waals surface area (Å²) in [6, 6.07) is 8.52. The summed E-state index contributed by atoms with van der Waals surface area (Å²) < 4.78 is 0. The van der Waals surface area contributed by atoms with Gasteiger partial charge >= 0.3 is 0 Å². The summed E-state index contributed by atoms with van der Waals surface area (Å²) in [6.07, 6.45) is 1.02. The van der Waals surface area contributed by atoms with Crippen LogP contribution >= 0.6 is 0 Å². The molecule has 0 aliphatic carbocycles. The van der Waals surface area contributed by atoms with Crippen LogP contribution in [-0.4, -0.2) is 18.5 Å². The van der Waals surface area contributed by atoms with Crippen molar-refractivity contribution in [3.63, 3.8) is 0 Å². The number of nitrogens with one attached hydrogen (secondary N) is 2. The molecule has 0 aliphatic rings. The molecule has 1 aromatic rings. The monoisotopic (exact) mass is 234 g/mol. The maximum Gasteiger partial charge on any atom is 0.234 e. The minimum Gasteiger partial charge on any atom is -0.353 e. The Bertz CT molecular complexity index is 361. The van der Waals surface area contributed by atoms with Gasteiger partial charge in [-0.2, -0.15) is 0 Å². The lowest BCUT2D eigenvalue weighted by atomic mass is 10.1. The molecule has 1 rings (SSSR count). The standard InChI is InChI=1S/C14H22N2O/c1-4-12-7-5-6-8-13(12)9-15-10-14(17)16-11(2)3/h5-8,11,15H,4,9-10H2,1-3H3,(H,16,17). The molecule has 1 amide bonds. The van der Waals surface area contributed by atoms with Crippen molar-refractivity contribution >= 4 is 5.91 Å². The van der Waals surface area contributed by atoms with Gasteiger partial charge in [0.2, 0.25) is 5.91 Å². The van der Waals surface area contributed by atoms with Crippen molar-refractivity contribution in [1.29, 1.82) is 0 Å². The van der Waals surface area contributed by atoms with Crippen molar-refractivity contribution in [1.82, 2.24) is 10.6 Å². The van der Waals surface area contributed by atoms with Crippen LogP contribution in [-0.2, 0) is 17.8 Å². The molecule has 3 heteroatoms. The number of amides is 1. The Labute approximate surface area is 104 Å². The van der Waals surface area contributed by atoms with Crippen molar-refractivity contribution in [3.8, 4) is 0 Å². The molecule has 0 aliphatic heterocycles. The molecule has 0 heterocycles. The van der Waals surface area contributed by atoms with Gasteiger partial charge in [0.15, 0.2) is 0 Å². The fourth-order valence-electron chi connectivity index (χ4n) is 1.76. The second-order valence-corrected chi connectivity index (χ2v) is 4.45. The van der Waals surface area contributed by atoms with E-state index in [1.807, 2.05) is 26.0 Å². The first kappa shape index (κ1) is 13.7. The van der Waals surface area contributed by atoms with Crippen molar-refractivity contribution in [2.45, 2.75) is 39.8 Å². The lowest BCUT2D eigenvalue weighted by molar-refractivity contribution is -0.120. The number of benzene rings is 1. The predicted molar refractivity (Wildman–Crippen MR) is 70.8 cm³/mol. The summed E-state index contributed by atoms with van der Waals surface area (Å²) in [5, 5.41) is 6.03. The zero-order chi connectivity index (χ0) is 12.7. The van der Waals surface area contributed by atoms with Crippen LogP contribution in [0.15, 0.2) is 24.3 Å². The van der Waals surface area contributed by atoms with Crippen LogP contribution in [0.4, 0.5) is 0 Å². The third kappa shape index (κ3) is 5.00. The van der Waals surface area contributed by atoms with Crippen LogP contribution in [0.25, 0.3) is 0 Å². The van der Waals surface area contributed by atoms with E-state index >= 15 is 0 Å². The zero-order valence-electron chi connectivity index (χ0n) is 10.9. The number of aryl methyl sites for hydroxylation is 1. The van der Waals surface area contributed by atoms with E-state index in [1.165, 1.54) is 11.1 Å². The van der Waals surface area contributed by atoms with Gasteiger partial charge in [-0.25, -0.2) is 0 Å². The van der Waals surface area contributed by atoms with Crippen LogP contribution < -0.4 is 10.6 Å². The molecule has 0 saturated carbocycles. The maximum atomic E-state index is 11.4. The second kappa shape index (κ2) is 7.07. The molecule has 0 aromatic heterocycles. The van der Waals surface area contributed by atoms with E-state index in [-0.39, 0.29) is 11.9 Å². The highest BCUT2D eigenvalue weighted by atomic mass is 16.1. The second-order valence-electron chi connectivity index (χ2n) is 4.45. The topological polar surface area (TPSA) is 41.1 Å². The summed E-state index contributed by atoms with van der Waals surface area (Å²) in [6.45, 7) is 7.19. The summed E-state index contributed by atoms with van der Waals surface area (Å²) >= 11 is 0. The van der Waals surface area contributed by atoms with Crippen molar-refractivity contribution in [2.24, 2.45) is 0 Å². The van der Waals surface area contributed by atoms with Gasteiger partial charge in [-0.1, -0.05) is 31.2 Å². The first-order valence-corrected chi connectivity index (χ1v) is 6.20. The fraction of sp³-hybridized carbons (Fsp3) is 0.500. The zero-order valence-corrected chi connectivity index (χ0v) is 10.9. The minimum atomic E-state index is 0.0500. The highest BCUT2D eigenvalue weighted by molar-refractivity contribution is 5.78. The summed E-state index contributed by atoms with van der Waals surface area (Å²) in [5.74, 6) is 0.0500. The molecular formula is C14H22N2O. The molecule has 3 nitrogen and oxygen atoms in total. The van der Waals surface area contributed by atoms with Crippen molar-refractivity contribution < 1.29 is 4.79 Å². The largest absolute Gasteiger partial charge is 0.353 e. The van der Waals surface area contributed by atoms with E-state index in [0.29, 0.717) is 6.54 Å². The smallest absolute Gasteiger partial charge is 0.234 e. The summed E-state index contributed by atoms with van der Waals surface area (Å²) in [4.78, 5) is 11.4. The highest BCUT2D eigenvalue weighted by Gasteiger charge is 2.03. The normalized spacial score (nSPS) is 10.6. The Balaban J connectivity index is 2.38. The third-order valence-corrected chi connectivity index (χ3v) is 2.55. The van der Waals surface area contributed by atoms with Gasteiger partial charge in [0, 0.05) is 12.6 Å².